The zero-order valence-electron chi connectivity index (χ0n) is 17.2. The molecule has 9 heteroatoms. The minimum absolute atomic E-state index is 0.215. The van der Waals surface area contributed by atoms with Gasteiger partial charge in [-0.25, -0.2) is 4.68 Å². The number of halogens is 3. The van der Waals surface area contributed by atoms with Crippen LogP contribution >= 0.6 is 0 Å². The van der Waals surface area contributed by atoms with Crippen molar-refractivity contribution in [2.45, 2.75) is 44.6 Å². The molecule has 1 saturated carbocycles. The van der Waals surface area contributed by atoms with Crippen LogP contribution in [0.25, 0.3) is 5.69 Å². The second-order valence-electron chi connectivity index (χ2n) is 8.09. The van der Waals surface area contributed by atoms with Crippen LogP contribution in [0.3, 0.4) is 0 Å². The van der Waals surface area contributed by atoms with E-state index < -0.39 is 29.1 Å². The first kappa shape index (κ1) is 20.4. The van der Waals surface area contributed by atoms with E-state index >= 15 is 0 Å². The highest BCUT2D eigenvalue weighted by Crippen LogP contribution is 2.47. The number of hydrogen-bond donors (Lipinski definition) is 1. The normalized spacial score (nSPS) is 16.5. The predicted octanol–water partition coefficient (Wildman–Crippen LogP) is 5.49. The number of benzene rings is 2. The van der Waals surface area contributed by atoms with Gasteiger partial charge >= 0.3 is 6.18 Å². The van der Waals surface area contributed by atoms with Crippen LogP contribution in [0.2, 0.25) is 0 Å². The van der Waals surface area contributed by atoms with E-state index in [1.54, 1.807) is 30.3 Å². The number of nitrogens with one attached hydrogen (secondary N) is 1. The number of carbonyl (C=O) groups is 1. The average molecular weight is 443 g/mol. The van der Waals surface area contributed by atoms with Crippen LogP contribution in [-0.2, 0) is 6.18 Å². The van der Waals surface area contributed by atoms with Crippen molar-refractivity contribution in [1.29, 1.82) is 0 Å². The van der Waals surface area contributed by atoms with Gasteiger partial charge < -0.3 is 14.8 Å². The molecule has 1 N–H and O–H groups in total. The summed E-state index contributed by atoms with van der Waals surface area (Å²) in [6.07, 6.45) is -0.297. The van der Waals surface area contributed by atoms with Gasteiger partial charge in [0.1, 0.15) is 0 Å². The number of nitrogens with zero attached hydrogens (tertiary/aromatic N) is 2. The Balaban J connectivity index is 1.43. The summed E-state index contributed by atoms with van der Waals surface area (Å²) in [6, 6.07) is 11.2. The van der Waals surface area contributed by atoms with Gasteiger partial charge in [-0.15, -0.1) is 0 Å². The summed E-state index contributed by atoms with van der Waals surface area (Å²) in [7, 11) is 0. The highest BCUT2D eigenvalue weighted by atomic mass is 19.4. The standard InChI is InChI=1S/C23H20F3N3O3/c1-14-4-7-16(8-5-14)29-20(23(24,25)26)17(13-27-29)21(30)28-15-6-9-18-19(12-15)32-22(31-18)10-2-3-11-22/h4-9,12-13H,2-3,10-11H2,1H3,(H,28,30). The first-order valence-corrected chi connectivity index (χ1v) is 10.3. The van der Waals surface area contributed by atoms with Crippen molar-refractivity contribution in [3.8, 4) is 17.2 Å². The van der Waals surface area contributed by atoms with Crippen molar-refractivity contribution >= 4 is 11.6 Å². The molecule has 0 unspecified atom stereocenters. The number of anilines is 1. The SMILES string of the molecule is Cc1ccc(-n2ncc(C(=O)Nc3ccc4c(c3)OC3(CCCC3)O4)c2C(F)(F)F)cc1. The highest BCUT2D eigenvalue weighted by Gasteiger charge is 2.44. The van der Waals surface area contributed by atoms with Crippen molar-refractivity contribution in [2.24, 2.45) is 0 Å². The third-order valence-corrected chi connectivity index (χ3v) is 5.72. The fourth-order valence-electron chi connectivity index (χ4n) is 4.16. The monoisotopic (exact) mass is 443 g/mol. The number of aromatic nitrogens is 2. The van der Waals surface area contributed by atoms with E-state index in [0.29, 0.717) is 17.2 Å². The smallest absolute Gasteiger partial charge is 0.434 e. The highest BCUT2D eigenvalue weighted by molar-refractivity contribution is 6.05. The van der Waals surface area contributed by atoms with Crippen LogP contribution in [0.5, 0.6) is 11.5 Å². The molecule has 2 aliphatic rings. The van der Waals surface area contributed by atoms with Crippen molar-refractivity contribution in [1.82, 2.24) is 9.78 Å². The maximum atomic E-state index is 13.9. The van der Waals surface area contributed by atoms with E-state index in [1.807, 2.05) is 6.92 Å². The summed E-state index contributed by atoms with van der Waals surface area (Å²) in [5.74, 6) is -0.543. The predicted molar refractivity (Wildman–Crippen MR) is 110 cm³/mol. The molecule has 2 heterocycles. The van der Waals surface area contributed by atoms with Gasteiger partial charge in [0.15, 0.2) is 17.2 Å². The number of aryl methyl sites for hydroxylation is 1. The molecule has 32 heavy (non-hydrogen) atoms. The summed E-state index contributed by atoms with van der Waals surface area (Å²) < 4.78 is 54.3. The van der Waals surface area contributed by atoms with Crippen molar-refractivity contribution < 1.29 is 27.4 Å². The molecule has 0 atom stereocenters. The third kappa shape index (κ3) is 3.57. The molecule has 1 aliphatic heterocycles. The Labute approximate surface area is 181 Å². The molecule has 1 fully saturated rings. The summed E-state index contributed by atoms with van der Waals surface area (Å²) in [4.78, 5) is 12.8. The second kappa shape index (κ2) is 7.29. The van der Waals surface area contributed by atoms with Crippen molar-refractivity contribution in [3.05, 3.63) is 65.5 Å². The molecule has 166 valence electrons. The molecule has 5 rings (SSSR count). The zero-order valence-corrected chi connectivity index (χ0v) is 17.2. The van der Waals surface area contributed by atoms with E-state index in [0.717, 1.165) is 42.1 Å². The molecular weight excluding hydrogens is 423 g/mol. The minimum atomic E-state index is -4.78. The topological polar surface area (TPSA) is 65.4 Å². The van der Waals surface area contributed by atoms with Crippen LogP contribution in [-0.4, -0.2) is 21.5 Å². The number of hydrogen-bond acceptors (Lipinski definition) is 4. The Kier molecular flexibility index (Phi) is 4.65. The molecule has 0 saturated heterocycles. The maximum Gasteiger partial charge on any atom is 0.434 e. The lowest BCUT2D eigenvalue weighted by atomic mass is 10.2. The number of fused-ring (bicyclic) bond motifs is 1. The van der Waals surface area contributed by atoms with Gasteiger partial charge in [0.05, 0.1) is 17.4 Å². The van der Waals surface area contributed by atoms with Crippen molar-refractivity contribution in [3.63, 3.8) is 0 Å². The lowest BCUT2D eigenvalue weighted by Crippen LogP contribution is -2.34. The first-order chi connectivity index (χ1) is 15.2. The first-order valence-electron chi connectivity index (χ1n) is 10.3. The van der Waals surface area contributed by atoms with E-state index in [9.17, 15) is 18.0 Å². The second-order valence-corrected chi connectivity index (χ2v) is 8.09. The zero-order chi connectivity index (χ0) is 22.5. The Bertz CT molecular complexity index is 1180. The van der Waals surface area contributed by atoms with E-state index in [1.165, 1.54) is 12.1 Å². The van der Waals surface area contributed by atoms with Crippen LogP contribution < -0.4 is 14.8 Å². The number of rotatable bonds is 3. The number of amides is 1. The molecule has 1 amide bonds. The largest absolute Gasteiger partial charge is 0.448 e. The van der Waals surface area contributed by atoms with Crippen LogP contribution in [0.1, 0.15) is 47.3 Å². The fraction of sp³-hybridized carbons (Fsp3) is 0.304. The molecule has 3 aromatic rings. The van der Waals surface area contributed by atoms with Gasteiger partial charge in [-0.3, -0.25) is 4.79 Å². The number of ether oxygens (including phenoxy) is 2. The minimum Gasteiger partial charge on any atom is -0.448 e. The van der Waals surface area contributed by atoms with Gasteiger partial charge in [-0.2, -0.15) is 18.3 Å². The van der Waals surface area contributed by atoms with Gasteiger partial charge in [0.2, 0.25) is 0 Å². The van der Waals surface area contributed by atoms with Gasteiger partial charge in [-0.1, -0.05) is 17.7 Å². The van der Waals surface area contributed by atoms with E-state index in [4.69, 9.17) is 9.47 Å². The molecule has 2 aromatic carbocycles. The van der Waals surface area contributed by atoms with Gasteiger partial charge in [0.25, 0.3) is 11.7 Å². The van der Waals surface area contributed by atoms with Crippen LogP contribution in [0.4, 0.5) is 18.9 Å². The summed E-state index contributed by atoms with van der Waals surface area (Å²) in [5, 5.41) is 6.37. The molecule has 1 aliphatic carbocycles. The van der Waals surface area contributed by atoms with Gasteiger partial charge in [-0.05, 0) is 44.0 Å². The molecule has 6 nitrogen and oxygen atoms in total. The Morgan fingerprint density at radius 3 is 2.44 bits per heavy atom. The molecule has 0 radical (unpaired) electrons. The Morgan fingerprint density at radius 2 is 1.75 bits per heavy atom. The Hall–Kier alpha value is -3.49. The lowest BCUT2D eigenvalue weighted by molar-refractivity contribution is -0.143. The quantitative estimate of drug-likeness (QED) is 0.581. The lowest BCUT2D eigenvalue weighted by Gasteiger charge is -2.21. The molecule has 1 aromatic heterocycles. The average Bonchev–Trinajstić information content (AvgIpc) is 3.46. The summed E-state index contributed by atoms with van der Waals surface area (Å²) in [6.45, 7) is 1.83. The Morgan fingerprint density at radius 1 is 1.06 bits per heavy atom. The fourth-order valence-corrected chi connectivity index (χ4v) is 4.16. The molecule has 0 bridgehead atoms. The number of alkyl halides is 3. The number of carbonyl (C=O) groups excluding carboxylic acids is 1. The maximum absolute atomic E-state index is 13.9. The van der Waals surface area contributed by atoms with Crippen LogP contribution in [0, 0.1) is 6.92 Å². The van der Waals surface area contributed by atoms with E-state index in [-0.39, 0.29) is 5.69 Å². The van der Waals surface area contributed by atoms with E-state index in [2.05, 4.69) is 10.4 Å². The van der Waals surface area contributed by atoms with Crippen molar-refractivity contribution in [2.75, 3.05) is 5.32 Å². The summed E-state index contributed by atoms with van der Waals surface area (Å²) >= 11 is 0. The third-order valence-electron chi connectivity index (χ3n) is 5.72. The molecule has 1 spiro atoms. The van der Waals surface area contributed by atoms with Gasteiger partial charge in [0, 0.05) is 24.6 Å². The molecular formula is C23H20F3N3O3. The summed E-state index contributed by atoms with van der Waals surface area (Å²) in [5.41, 5.74) is -0.280. The van der Waals surface area contributed by atoms with Crippen LogP contribution in [0.15, 0.2) is 48.7 Å².